The van der Waals surface area contributed by atoms with Crippen molar-refractivity contribution in [2.45, 2.75) is 58.7 Å². The number of benzene rings is 1. The number of hydrogen-bond acceptors (Lipinski definition) is 2. The quantitative estimate of drug-likeness (QED) is 0.826. The summed E-state index contributed by atoms with van der Waals surface area (Å²) in [6.45, 7) is 7.75. The maximum atomic E-state index is 3.57. The highest BCUT2D eigenvalue weighted by molar-refractivity contribution is 5.54. The third-order valence-corrected chi connectivity index (χ3v) is 4.07. The SMILES string of the molecule is CCC(C)N(C)c1ccc(CNC2CC2)cc1C. The van der Waals surface area contributed by atoms with E-state index in [-0.39, 0.29) is 0 Å². The van der Waals surface area contributed by atoms with Crippen molar-refractivity contribution in [2.24, 2.45) is 0 Å². The van der Waals surface area contributed by atoms with Crippen LogP contribution in [0.5, 0.6) is 0 Å². The normalized spacial score (nSPS) is 16.7. The van der Waals surface area contributed by atoms with Gasteiger partial charge < -0.3 is 10.2 Å². The molecule has 0 heterocycles. The Bertz CT molecular complexity index is 396. The highest BCUT2D eigenvalue weighted by Crippen LogP contribution is 2.24. The van der Waals surface area contributed by atoms with E-state index in [0.29, 0.717) is 6.04 Å². The zero-order valence-corrected chi connectivity index (χ0v) is 12.2. The summed E-state index contributed by atoms with van der Waals surface area (Å²) in [5, 5.41) is 3.57. The topological polar surface area (TPSA) is 15.3 Å². The van der Waals surface area contributed by atoms with Crippen LogP contribution in [0.2, 0.25) is 0 Å². The minimum absolute atomic E-state index is 0.596. The van der Waals surface area contributed by atoms with E-state index in [1.165, 1.54) is 36.1 Å². The zero-order chi connectivity index (χ0) is 13.1. The predicted octanol–water partition coefficient (Wildman–Crippen LogP) is 3.48. The van der Waals surface area contributed by atoms with Gasteiger partial charge in [-0.25, -0.2) is 0 Å². The molecule has 0 saturated heterocycles. The molecule has 1 aliphatic carbocycles. The molecule has 0 aromatic heterocycles. The molecule has 0 amide bonds. The van der Waals surface area contributed by atoms with Gasteiger partial charge in [-0.3, -0.25) is 0 Å². The summed E-state index contributed by atoms with van der Waals surface area (Å²) in [6.07, 6.45) is 3.89. The fourth-order valence-electron chi connectivity index (χ4n) is 2.28. The van der Waals surface area contributed by atoms with Crippen LogP contribution in [-0.4, -0.2) is 19.1 Å². The van der Waals surface area contributed by atoms with Crippen LogP contribution in [0.4, 0.5) is 5.69 Å². The van der Waals surface area contributed by atoms with Gasteiger partial charge in [-0.15, -0.1) is 0 Å². The predicted molar refractivity (Wildman–Crippen MR) is 79.2 cm³/mol. The van der Waals surface area contributed by atoms with E-state index in [4.69, 9.17) is 0 Å². The molecule has 18 heavy (non-hydrogen) atoms. The summed E-state index contributed by atoms with van der Waals surface area (Å²) in [7, 11) is 2.19. The fraction of sp³-hybridized carbons (Fsp3) is 0.625. The van der Waals surface area contributed by atoms with Crippen LogP contribution in [0.25, 0.3) is 0 Å². The van der Waals surface area contributed by atoms with Gasteiger partial charge in [0.05, 0.1) is 0 Å². The minimum atomic E-state index is 0.596. The largest absolute Gasteiger partial charge is 0.372 e. The van der Waals surface area contributed by atoms with Crippen molar-refractivity contribution < 1.29 is 0 Å². The lowest BCUT2D eigenvalue weighted by Gasteiger charge is -2.28. The van der Waals surface area contributed by atoms with E-state index in [0.717, 1.165) is 12.6 Å². The molecule has 1 N–H and O–H groups in total. The van der Waals surface area contributed by atoms with Crippen LogP contribution < -0.4 is 10.2 Å². The summed E-state index contributed by atoms with van der Waals surface area (Å²) in [6, 6.07) is 8.23. The summed E-state index contributed by atoms with van der Waals surface area (Å²) < 4.78 is 0. The van der Waals surface area contributed by atoms with Crippen LogP contribution in [-0.2, 0) is 6.54 Å². The van der Waals surface area contributed by atoms with Gasteiger partial charge in [-0.05, 0) is 50.3 Å². The first-order valence-electron chi connectivity index (χ1n) is 7.17. The maximum absolute atomic E-state index is 3.57. The Kier molecular flexibility index (Phi) is 4.28. The molecular weight excluding hydrogens is 220 g/mol. The smallest absolute Gasteiger partial charge is 0.0395 e. The average Bonchev–Trinajstić information content (AvgIpc) is 3.18. The Morgan fingerprint density at radius 1 is 1.39 bits per heavy atom. The Balaban J connectivity index is 2.03. The number of aryl methyl sites for hydroxylation is 1. The molecule has 2 nitrogen and oxygen atoms in total. The van der Waals surface area contributed by atoms with Gasteiger partial charge >= 0.3 is 0 Å². The Labute approximate surface area is 111 Å². The van der Waals surface area contributed by atoms with Crippen LogP contribution in [0.15, 0.2) is 18.2 Å². The third kappa shape index (κ3) is 3.26. The lowest BCUT2D eigenvalue weighted by atomic mass is 10.1. The fourth-order valence-corrected chi connectivity index (χ4v) is 2.28. The average molecular weight is 246 g/mol. The van der Waals surface area contributed by atoms with E-state index in [1.54, 1.807) is 0 Å². The standard InChI is InChI=1S/C16H26N2/c1-5-13(3)18(4)16-9-6-14(10-12(16)2)11-17-15-7-8-15/h6,9-10,13,15,17H,5,7-8,11H2,1-4H3. The van der Waals surface area contributed by atoms with E-state index >= 15 is 0 Å². The second-order valence-electron chi connectivity index (χ2n) is 5.64. The molecule has 1 unspecified atom stereocenters. The Hall–Kier alpha value is -1.02. The first kappa shape index (κ1) is 13.4. The molecule has 1 atom stereocenters. The molecule has 1 saturated carbocycles. The zero-order valence-electron chi connectivity index (χ0n) is 12.2. The Morgan fingerprint density at radius 2 is 2.11 bits per heavy atom. The third-order valence-electron chi connectivity index (χ3n) is 4.07. The van der Waals surface area contributed by atoms with Gasteiger partial charge in [-0.1, -0.05) is 19.1 Å². The summed E-state index contributed by atoms with van der Waals surface area (Å²) in [5.41, 5.74) is 4.15. The van der Waals surface area contributed by atoms with Gasteiger partial charge in [0, 0.05) is 31.4 Å². The second-order valence-corrected chi connectivity index (χ2v) is 5.64. The molecule has 1 aromatic rings. The van der Waals surface area contributed by atoms with Gasteiger partial charge in [0.25, 0.3) is 0 Å². The van der Waals surface area contributed by atoms with Gasteiger partial charge in [-0.2, -0.15) is 0 Å². The molecular formula is C16H26N2. The van der Waals surface area contributed by atoms with Crippen LogP contribution in [0.1, 0.15) is 44.2 Å². The number of hydrogen-bond donors (Lipinski definition) is 1. The van der Waals surface area contributed by atoms with Crippen LogP contribution in [0.3, 0.4) is 0 Å². The molecule has 0 aliphatic heterocycles. The summed E-state index contributed by atoms with van der Waals surface area (Å²) in [5.74, 6) is 0. The summed E-state index contributed by atoms with van der Waals surface area (Å²) >= 11 is 0. The monoisotopic (exact) mass is 246 g/mol. The van der Waals surface area contributed by atoms with Gasteiger partial charge in [0.2, 0.25) is 0 Å². The molecule has 0 spiro atoms. The number of nitrogens with one attached hydrogen (secondary N) is 1. The van der Waals surface area contributed by atoms with Gasteiger partial charge in [0.1, 0.15) is 0 Å². The van der Waals surface area contributed by atoms with Crippen molar-refractivity contribution in [1.29, 1.82) is 0 Å². The molecule has 2 heteroatoms. The molecule has 2 rings (SSSR count). The van der Waals surface area contributed by atoms with Crippen molar-refractivity contribution in [1.82, 2.24) is 5.32 Å². The van der Waals surface area contributed by atoms with E-state index < -0.39 is 0 Å². The summed E-state index contributed by atoms with van der Waals surface area (Å²) in [4.78, 5) is 2.38. The molecule has 0 bridgehead atoms. The number of nitrogens with zero attached hydrogens (tertiary/aromatic N) is 1. The van der Waals surface area contributed by atoms with Crippen molar-refractivity contribution in [2.75, 3.05) is 11.9 Å². The second kappa shape index (κ2) is 5.75. The minimum Gasteiger partial charge on any atom is -0.372 e. The molecule has 1 fully saturated rings. The van der Waals surface area contributed by atoms with E-state index in [9.17, 15) is 0 Å². The molecule has 1 aliphatic rings. The lowest BCUT2D eigenvalue weighted by Crippen LogP contribution is -2.28. The molecule has 100 valence electrons. The highest BCUT2D eigenvalue weighted by atomic mass is 15.1. The van der Waals surface area contributed by atoms with E-state index in [2.05, 4.69) is 56.2 Å². The van der Waals surface area contributed by atoms with Crippen molar-refractivity contribution in [3.8, 4) is 0 Å². The van der Waals surface area contributed by atoms with Crippen molar-refractivity contribution >= 4 is 5.69 Å². The molecule has 1 aromatic carbocycles. The van der Waals surface area contributed by atoms with Crippen LogP contribution >= 0.6 is 0 Å². The molecule has 0 radical (unpaired) electrons. The number of anilines is 1. The van der Waals surface area contributed by atoms with E-state index in [1.807, 2.05) is 0 Å². The first-order chi connectivity index (χ1) is 8.61. The lowest BCUT2D eigenvalue weighted by molar-refractivity contribution is 0.661. The van der Waals surface area contributed by atoms with Crippen molar-refractivity contribution in [3.63, 3.8) is 0 Å². The Morgan fingerprint density at radius 3 is 2.67 bits per heavy atom. The maximum Gasteiger partial charge on any atom is 0.0395 e. The first-order valence-corrected chi connectivity index (χ1v) is 7.17. The number of rotatable bonds is 6. The van der Waals surface area contributed by atoms with Gasteiger partial charge in [0.15, 0.2) is 0 Å². The highest BCUT2D eigenvalue weighted by Gasteiger charge is 2.20. The van der Waals surface area contributed by atoms with Crippen molar-refractivity contribution in [3.05, 3.63) is 29.3 Å². The van der Waals surface area contributed by atoms with Crippen LogP contribution in [0, 0.1) is 6.92 Å².